The van der Waals surface area contributed by atoms with E-state index in [4.69, 9.17) is 4.74 Å². The molecule has 2 rings (SSSR count). The monoisotopic (exact) mass is 445 g/mol. The number of alkyl halides is 3. The smallest absolute Gasteiger partial charge is 0.411 e. The molecule has 174 valence electrons. The van der Waals surface area contributed by atoms with Crippen LogP contribution in [-0.2, 0) is 20.9 Å². The van der Waals surface area contributed by atoms with Crippen LogP contribution in [-0.4, -0.2) is 80.5 Å². The van der Waals surface area contributed by atoms with Gasteiger partial charge in [-0.3, -0.25) is 9.69 Å². The third-order valence-electron chi connectivity index (χ3n) is 4.80. The molecule has 7 nitrogen and oxygen atoms in total. The van der Waals surface area contributed by atoms with Crippen LogP contribution in [0.3, 0.4) is 0 Å². The zero-order valence-electron chi connectivity index (χ0n) is 17.5. The number of hydrogen-bond donors (Lipinski definition) is 1. The summed E-state index contributed by atoms with van der Waals surface area (Å²) in [7, 11) is 0. The largest absolute Gasteiger partial charge is 0.445 e. The fourth-order valence-corrected chi connectivity index (χ4v) is 3.16. The Hall–Kier alpha value is -2.33. The van der Waals surface area contributed by atoms with Gasteiger partial charge in [-0.1, -0.05) is 30.3 Å². The third kappa shape index (κ3) is 11.0. The summed E-state index contributed by atoms with van der Waals surface area (Å²) >= 11 is 0. The van der Waals surface area contributed by atoms with Crippen LogP contribution in [0.15, 0.2) is 30.3 Å². The summed E-state index contributed by atoms with van der Waals surface area (Å²) in [5, 5.41) is 2.64. The second kappa shape index (κ2) is 13.2. The summed E-state index contributed by atoms with van der Waals surface area (Å²) in [6, 6.07) is 9.36. The van der Waals surface area contributed by atoms with Crippen LogP contribution in [0.1, 0.15) is 24.8 Å². The number of ether oxygens (including phenoxy) is 2. The minimum atomic E-state index is -4.29. The van der Waals surface area contributed by atoms with Gasteiger partial charge in [-0.25, -0.2) is 4.79 Å². The number of carbonyl (C=O) groups excluding carboxylic acids is 2. The van der Waals surface area contributed by atoms with Gasteiger partial charge in [0.15, 0.2) is 0 Å². The Kier molecular flexibility index (Phi) is 10.6. The van der Waals surface area contributed by atoms with E-state index in [1.165, 1.54) is 0 Å². The highest BCUT2D eigenvalue weighted by molar-refractivity contribution is 5.76. The van der Waals surface area contributed by atoms with Gasteiger partial charge >= 0.3 is 12.3 Å². The van der Waals surface area contributed by atoms with Crippen LogP contribution in [0.25, 0.3) is 0 Å². The van der Waals surface area contributed by atoms with Crippen LogP contribution in [0.4, 0.5) is 18.0 Å². The van der Waals surface area contributed by atoms with Crippen LogP contribution in [0.2, 0.25) is 0 Å². The Labute approximate surface area is 180 Å². The number of rotatable bonds is 11. The highest BCUT2D eigenvalue weighted by Gasteiger charge is 2.27. The first-order valence-corrected chi connectivity index (χ1v) is 10.4. The molecule has 1 aromatic carbocycles. The van der Waals surface area contributed by atoms with Gasteiger partial charge in [0.1, 0.15) is 13.2 Å². The van der Waals surface area contributed by atoms with Crippen molar-refractivity contribution < 1.29 is 32.2 Å². The first-order chi connectivity index (χ1) is 14.8. The van der Waals surface area contributed by atoms with Gasteiger partial charge in [-0.05, 0) is 18.4 Å². The molecule has 0 bridgehead atoms. The predicted octanol–water partition coefficient (Wildman–Crippen LogP) is 2.81. The number of halogens is 3. The molecule has 10 heteroatoms. The van der Waals surface area contributed by atoms with Crippen molar-refractivity contribution in [3.05, 3.63) is 35.9 Å². The fraction of sp³-hybridized carbons (Fsp3) is 0.619. The van der Waals surface area contributed by atoms with Gasteiger partial charge in [0.05, 0.1) is 0 Å². The molecule has 0 radical (unpaired) electrons. The predicted molar refractivity (Wildman–Crippen MR) is 108 cm³/mol. The van der Waals surface area contributed by atoms with Crippen molar-refractivity contribution >= 4 is 12.0 Å². The molecule has 1 heterocycles. The number of benzene rings is 1. The summed E-state index contributed by atoms with van der Waals surface area (Å²) in [4.78, 5) is 27.9. The molecule has 0 saturated carbocycles. The van der Waals surface area contributed by atoms with Crippen molar-refractivity contribution in [2.75, 3.05) is 52.5 Å². The topological polar surface area (TPSA) is 71.1 Å². The third-order valence-corrected chi connectivity index (χ3v) is 4.80. The van der Waals surface area contributed by atoms with E-state index in [0.717, 1.165) is 5.56 Å². The van der Waals surface area contributed by atoms with E-state index in [1.807, 2.05) is 30.3 Å². The molecule has 0 unspecified atom stereocenters. The number of nitrogens with zero attached hydrogens (tertiary/aromatic N) is 2. The molecule has 1 N–H and O–H groups in total. The Morgan fingerprint density at radius 3 is 2.42 bits per heavy atom. The van der Waals surface area contributed by atoms with Crippen LogP contribution in [0, 0.1) is 0 Å². The van der Waals surface area contributed by atoms with Crippen LogP contribution < -0.4 is 5.32 Å². The summed E-state index contributed by atoms with van der Waals surface area (Å²) in [6.07, 6.45) is -3.41. The van der Waals surface area contributed by atoms with Gasteiger partial charge in [-0.2, -0.15) is 13.2 Å². The molecular weight excluding hydrogens is 415 g/mol. The Morgan fingerprint density at radius 1 is 1.03 bits per heavy atom. The van der Waals surface area contributed by atoms with Crippen molar-refractivity contribution in [2.24, 2.45) is 0 Å². The van der Waals surface area contributed by atoms with Gasteiger partial charge in [0, 0.05) is 52.3 Å². The first-order valence-electron chi connectivity index (χ1n) is 10.4. The van der Waals surface area contributed by atoms with Gasteiger partial charge in [0.2, 0.25) is 5.91 Å². The lowest BCUT2D eigenvalue weighted by Gasteiger charge is -2.34. The molecule has 0 spiro atoms. The normalized spacial score (nSPS) is 15.0. The molecule has 0 aromatic heterocycles. The van der Waals surface area contributed by atoms with Crippen molar-refractivity contribution in [1.29, 1.82) is 0 Å². The molecule has 1 fully saturated rings. The summed E-state index contributed by atoms with van der Waals surface area (Å²) in [6.45, 7) is 2.62. The number of alkyl carbamates (subject to hydrolysis) is 1. The molecule has 0 aliphatic carbocycles. The average molecular weight is 445 g/mol. The van der Waals surface area contributed by atoms with Crippen LogP contribution in [0.5, 0.6) is 0 Å². The molecule has 2 amide bonds. The molecule has 1 aromatic rings. The quantitative estimate of drug-likeness (QED) is 0.531. The minimum absolute atomic E-state index is 0.0348. The SMILES string of the molecule is O=C(NCCCC(=O)N1CCN(CCCOCC(F)(F)F)CC1)OCc1ccccc1. The molecule has 1 aliphatic rings. The number of hydrogen-bond acceptors (Lipinski definition) is 5. The number of carbonyl (C=O) groups is 2. The Balaban J connectivity index is 1.48. The van der Waals surface area contributed by atoms with E-state index in [-0.39, 0.29) is 19.1 Å². The number of nitrogens with one attached hydrogen (secondary N) is 1. The molecule has 31 heavy (non-hydrogen) atoms. The van der Waals surface area contributed by atoms with Crippen molar-refractivity contribution in [2.45, 2.75) is 32.0 Å². The zero-order chi connectivity index (χ0) is 22.5. The number of amides is 2. The van der Waals surface area contributed by atoms with Crippen molar-refractivity contribution in [1.82, 2.24) is 15.1 Å². The maximum absolute atomic E-state index is 12.3. The van der Waals surface area contributed by atoms with Gasteiger partial charge in [0.25, 0.3) is 0 Å². The molecule has 0 atom stereocenters. The van der Waals surface area contributed by atoms with Gasteiger partial charge < -0.3 is 19.7 Å². The highest BCUT2D eigenvalue weighted by Crippen LogP contribution is 2.14. The first kappa shape index (κ1) is 24.9. The number of piperazine rings is 1. The van der Waals surface area contributed by atoms with E-state index in [1.54, 1.807) is 4.90 Å². The average Bonchev–Trinajstić information content (AvgIpc) is 2.75. The van der Waals surface area contributed by atoms with E-state index < -0.39 is 18.9 Å². The second-order valence-corrected chi connectivity index (χ2v) is 7.34. The highest BCUT2D eigenvalue weighted by atomic mass is 19.4. The zero-order valence-corrected chi connectivity index (χ0v) is 17.5. The lowest BCUT2D eigenvalue weighted by atomic mass is 10.2. The minimum Gasteiger partial charge on any atom is -0.445 e. The standard InChI is InChI=1S/C21H30F3N3O4/c22-21(23,24)17-30-15-5-10-26-11-13-27(14-12-26)19(28)8-4-9-25-20(29)31-16-18-6-2-1-3-7-18/h1-3,6-7H,4-5,8-17H2,(H,25,29). The van der Waals surface area contributed by atoms with Crippen molar-refractivity contribution in [3.63, 3.8) is 0 Å². The van der Waals surface area contributed by atoms with Gasteiger partial charge in [-0.15, -0.1) is 0 Å². The molecular formula is C21H30F3N3O4. The summed E-state index contributed by atoms with van der Waals surface area (Å²) in [5.74, 6) is 0.0348. The molecule has 1 aliphatic heterocycles. The molecule has 1 saturated heterocycles. The fourth-order valence-electron chi connectivity index (χ4n) is 3.16. The maximum atomic E-state index is 12.3. The summed E-state index contributed by atoms with van der Waals surface area (Å²) < 4.78 is 45.7. The summed E-state index contributed by atoms with van der Waals surface area (Å²) in [5.41, 5.74) is 0.904. The second-order valence-electron chi connectivity index (χ2n) is 7.34. The van der Waals surface area contributed by atoms with Crippen LogP contribution >= 0.6 is 0 Å². The van der Waals surface area contributed by atoms with E-state index in [2.05, 4.69) is 15.0 Å². The Bertz CT molecular complexity index is 666. The van der Waals surface area contributed by atoms with E-state index >= 15 is 0 Å². The lowest BCUT2D eigenvalue weighted by molar-refractivity contribution is -0.174. The van der Waals surface area contributed by atoms with E-state index in [9.17, 15) is 22.8 Å². The lowest BCUT2D eigenvalue weighted by Crippen LogP contribution is -2.49. The Morgan fingerprint density at radius 2 is 1.74 bits per heavy atom. The maximum Gasteiger partial charge on any atom is 0.411 e. The van der Waals surface area contributed by atoms with Crippen molar-refractivity contribution in [3.8, 4) is 0 Å². The van der Waals surface area contributed by atoms with E-state index in [0.29, 0.717) is 58.5 Å².